The van der Waals surface area contributed by atoms with Gasteiger partial charge in [-0.1, -0.05) is 243 Å². The van der Waals surface area contributed by atoms with Crippen LogP contribution < -0.4 is 0 Å². The lowest BCUT2D eigenvalue weighted by Gasteiger charge is -2.19. The number of rotatable bonds is 12. The quantitative estimate of drug-likeness (QED) is 0.122. The molecule has 0 radical (unpaired) electrons. The van der Waals surface area contributed by atoms with Crippen LogP contribution in [-0.4, -0.2) is 15.0 Å². The molecule has 0 aliphatic heterocycles. The second-order valence-electron chi connectivity index (χ2n) is 20.7. The molecule has 14 rings (SSSR count). The summed E-state index contributed by atoms with van der Waals surface area (Å²) in [5, 5.41) is 2.26. The Kier molecular flexibility index (Phi) is 13.3. The Bertz CT molecular complexity index is 4410. The first-order valence-electron chi connectivity index (χ1n) is 27.9. The van der Waals surface area contributed by atoms with Crippen molar-refractivity contribution in [2.45, 2.75) is 0 Å². The highest BCUT2D eigenvalue weighted by Crippen LogP contribution is 2.45. The lowest BCUT2D eigenvalue weighted by atomic mass is 9.84. The summed E-state index contributed by atoms with van der Waals surface area (Å²) in [6.07, 6.45) is 5.70. The summed E-state index contributed by atoms with van der Waals surface area (Å²) in [7, 11) is 0. The monoisotopic (exact) mass is 1040 g/mol. The fourth-order valence-electron chi connectivity index (χ4n) is 11.5. The molecule has 0 saturated carbocycles. The molecule has 0 bridgehead atoms. The fourth-order valence-corrected chi connectivity index (χ4v) is 11.5. The summed E-state index contributed by atoms with van der Waals surface area (Å²) in [5.41, 5.74) is 26.6. The van der Waals surface area contributed by atoms with Gasteiger partial charge in [-0.15, -0.1) is 0 Å². The minimum atomic E-state index is 0.923. The van der Waals surface area contributed by atoms with Crippen molar-refractivity contribution >= 4 is 10.8 Å². The Balaban J connectivity index is 0.935. The first-order valence-corrected chi connectivity index (χ1v) is 27.9. The summed E-state index contributed by atoms with van der Waals surface area (Å²) in [4.78, 5) is 14.4. The zero-order chi connectivity index (χ0) is 54.6. The van der Waals surface area contributed by atoms with E-state index in [9.17, 15) is 0 Å². The van der Waals surface area contributed by atoms with E-state index in [1.165, 1.54) is 22.3 Å². The molecule has 0 aliphatic rings. The molecule has 0 atom stereocenters. The molecule has 0 fully saturated rings. The summed E-state index contributed by atoms with van der Waals surface area (Å²) < 4.78 is 0. The lowest BCUT2D eigenvalue weighted by molar-refractivity contribution is 1.33. The number of hydrogen-bond donors (Lipinski definition) is 0. The van der Waals surface area contributed by atoms with Gasteiger partial charge in [-0.25, -0.2) is 0 Å². The largest absolute Gasteiger partial charge is 0.256 e. The standard InChI is InChI=1S/C79H53N3/c1-3-17-54(18-4-1)56-29-31-59(32-30-56)76-51-63(79-52-65-47-62(41-42-64(65)53-82-79)55-19-5-2-6-20-55)43-44-75(76)74-26-12-11-25-73(74)68-49-66(71-23-9-7-21-69(71)57-33-37-60(38-34-57)77-27-13-15-45-80-77)48-67(50-68)72-24-10-8-22-70(72)58-35-39-61(40-36-58)78-28-14-16-46-81-78/h1-53H. The van der Waals surface area contributed by atoms with Gasteiger partial charge in [0.05, 0.1) is 17.1 Å². The van der Waals surface area contributed by atoms with Crippen LogP contribution in [0.1, 0.15) is 0 Å². The summed E-state index contributed by atoms with van der Waals surface area (Å²) >= 11 is 0. The van der Waals surface area contributed by atoms with E-state index in [4.69, 9.17) is 4.98 Å². The normalized spacial score (nSPS) is 11.2. The third-order valence-electron chi connectivity index (χ3n) is 15.7. The number of benzene rings is 11. The van der Waals surface area contributed by atoms with E-state index >= 15 is 0 Å². The van der Waals surface area contributed by atoms with E-state index in [2.05, 4.69) is 289 Å². The number of aromatic nitrogens is 3. The van der Waals surface area contributed by atoms with Gasteiger partial charge in [-0.3, -0.25) is 15.0 Å². The van der Waals surface area contributed by atoms with Gasteiger partial charge >= 0.3 is 0 Å². The highest BCUT2D eigenvalue weighted by atomic mass is 14.7. The molecule has 0 unspecified atom stereocenters. The molecular formula is C79H53N3. The molecule has 0 amide bonds. The Labute approximate surface area is 478 Å². The van der Waals surface area contributed by atoms with Crippen molar-refractivity contribution in [1.29, 1.82) is 0 Å². The van der Waals surface area contributed by atoms with Gasteiger partial charge in [-0.05, 0) is 166 Å². The van der Waals surface area contributed by atoms with E-state index in [0.29, 0.717) is 0 Å². The maximum Gasteiger partial charge on any atom is 0.0708 e. The molecule has 3 heterocycles. The lowest BCUT2D eigenvalue weighted by Crippen LogP contribution is -1.94. The van der Waals surface area contributed by atoms with Crippen molar-refractivity contribution in [2.75, 3.05) is 0 Å². The van der Waals surface area contributed by atoms with Crippen molar-refractivity contribution in [1.82, 2.24) is 15.0 Å². The first kappa shape index (κ1) is 49.4. The molecule has 0 spiro atoms. The maximum absolute atomic E-state index is 5.10. The van der Waals surface area contributed by atoms with Gasteiger partial charge in [-0.2, -0.15) is 0 Å². The van der Waals surface area contributed by atoms with E-state index in [0.717, 1.165) is 122 Å². The first-order chi connectivity index (χ1) is 40.6. The minimum absolute atomic E-state index is 0.923. The van der Waals surface area contributed by atoms with Gasteiger partial charge < -0.3 is 0 Å². The second-order valence-corrected chi connectivity index (χ2v) is 20.7. The fraction of sp³-hybridized carbons (Fsp3) is 0. The van der Waals surface area contributed by atoms with Crippen molar-refractivity contribution < 1.29 is 0 Å². The van der Waals surface area contributed by atoms with Crippen molar-refractivity contribution in [2.24, 2.45) is 0 Å². The molecule has 14 aromatic rings. The highest BCUT2D eigenvalue weighted by molar-refractivity contribution is 5.98. The predicted octanol–water partition coefficient (Wildman–Crippen LogP) is 21.0. The van der Waals surface area contributed by atoms with Gasteiger partial charge in [0.1, 0.15) is 0 Å². The molecule has 3 aromatic heterocycles. The molecule has 82 heavy (non-hydrogen) atoms. The third kappa shape index (κ3) is 10.0. The predicted molar refractivity (Wildman–Crippen MR) is 343 cm³/mol. The number of hydrogen-bond acceptors (Lipinski definition) is 3. The number of pyridine rings is 3. The Morgan fingerprint density at radius 1 is 0.159 bits per heavy atom. The SMILES string of the molecule is c1ccc(-c2ccc(-c3cc(-c4cc5cc(-c6ccccc6)ccc5cn4)ccc3-c3ccccc3-c3cc(-c4ccccc4-c4ccc(-c5ccccn5)cc4)cc(-c4ccccc4-c4ccc(-c5ccccn5)cc4)c3)cc2)cc1. The van der Waals surface area contributed by atoms with Crippen LogP contribution in [0.4, 0.5) is 0 Å². The average Bonchev–Trinajstić information content (AvgIpc) is 3.74. The van der Waals surface area contributed by atoms with Crippen LogP contribution in [0, 0.1) is 0 Å². The Hall–Kier alpha value is -10.9. The Morgan fingerprint density at radius 3 is 1.02 bits per heavy atom. The highest BCUT2D eigenvalue weighted by Gasteiger charge is 2.19. The van der Waals surface area contributed by atoms with Crippen LogP contribution >= 0.6 is 0 Å². The smallest absolute Gasteiger partial charge is 0.0708 e. The minimum Gasteiger partial charge on any atom is -0.256 e. The molecule has 0 N–H and O–H groups in total. The second kappa shape index (κ2) is 22.1. The average molecular weight is 1040 g/mol. The van der Waals surface area contributed by atoms with E-state index in [1.807, 2.05) is 42.9 Å². The third-order valence-corrected chi connectivity index (χ3v) is 15.7. The van der Waals surface area contributed by atoms with Crippen LogP contribution in [-0.2, 0) is 0 Å². The summed E-state index contributed by atoms with van der Waals surface area (Å²) in [6.45, 7) is 0. The van der Waals surface area contributed by atoms with Gasteiger partial charge in [0.25, 0.3) is 0 Å². The number of nitrogens with zero attached hydrogens (tertiary/aromatic N) is 3. The van der Waals surface area contributed by atoms with Crippen LogP contribution in [0.25, 0.3) is 145 Å². The van der Waals surface area contributed by atoms with E-state index in [1.54, 1.807) is 0 Å². The van der Waals surface area contributed by atoms with Crippen molar-refractivity contribution in [3.05, 3.63) is 322 Å². The molecule has 384 valence electrons. The summed E-state index contributed by atoms with van der Waals surface area (Å²) in [6, 6.07) is 109. The number of fused-ring (bicyclic) bond motifs is 1. The van der Waals surface area contributed by atoms with Crippen molar-refractivity contribution in [3.63, 3.8) is 0 Å². The topological polar surface area (TPSA) is 38.7 Å². The van der Waals surface area contributed by atoms with E-state index < -0.39 is 0 Å². The Morgan fingerprint density at radius 2 is 0.524 bits per heavy atom. The van der Waals surface area contributed by atoms with Crippen LogP contribution in [0.15, 0.2) is 322 Å². The summed E-state index contributed by atoms with van der Waals surface area (Å²) in [5.74, 6) is 0. The van der Waals surface area contributed by atoms with Gasteiger partial charge in [0, 0.05) is 40.7 Å². The van der Waals surface area contributed by atoms with Crippen LogP contribution in [0.2, 0.25) is 0 Å². The van der Waals surface area contributed by atoms with Crippen LogP contribution in [0.5, 0.6) is 0 Å². The molecule has 3 heteroatoms. The van der Waals surface area contributed by atoms with Crippen LogP contribution in [0.3, 0.4) is 0 Å². The molecule has 3 nitrogen and oxygen atoms in total. The zero-order valence-corrected chi connectivity index (χ0v) is 44.9. The molecule has 11 aromatic carbocycles. The molecule has 0 saturated heterocycles. The van der Waals surface area contributed by atoms with E-state index in [-0.39, 0.29) is 0 Å². The van der Waals surface area contributed by atoms with Gasteiger partial charge in [0.15, 0.2) is 0 Å². The van der Waals surface area contributed by atoms with Crippen molar-refractivity contribution in [3.8, 4) is 134 Å². The van der Waals surface area contributed by atoms with Gasteiger partial charge in [0.2, 0.25) is 0 Å². The zero-order valence-electron chi connectivity index (χ0n) is 44.9. The molecular weight excluding hydrogens is 991 g/mol. The molecule has 0 aliphatic carbocycles. The maximum atomic E-state index is 5.10.